The summed E-state index contributed by atoms with van der Waals surface area (Å²) >= 11 is 0. The average Bonchev–Trinajstić information content (AvgIpc) is 2.41. The van der Waals surface area contributed by atoms with Crippen LogP contribution in [0.25, 0.3) is 10.9 Å². The summed E-state index contributed by atoms with van der Waals surface area (Å²) in [6, 6.07) is 8.14. The minimum atomic E-state index is -0.00885. The number of para-hydroxylation sites is 1. The Balaban J connectivity index is 2.19. The highest BCUT2D eigenvalue weighted by atomic mass is 16.1. The van der Waals surface area contributed by atoms with Crippen molar-refractivity contribution >= 4 is 10.9 Å². The highest BCUT2D eigenvalue weighted by Gasteiger charge is 2.04. The van der Waals surface area contributed by atoms with Crippen molar-refractivity contribution in [2.45, 2.75) is 32.4 Å². The van der Waals surface area contributed by atoms with Gasteiger partial charge in [-0.1, -0.05) is 12.1 Å². The van der Waals surface area contributed by atoms with Gasteiger partial charge in [-0.05, 0) is 38.9 Å². The second-order valence-electron chi connectivity index (χ2n) is 4.58. The number of hydrogen-bond donors (Lipinski definition) is 1. The first-order chi connectivity index (χ1) is 8.72. The van der Waals surface area contributed by atoms with Crippen LogP contribution in [0.5, 0.6) is 0 Å². The third kappa shape index (κ3) is 2.76. The first-order valence-corrected chi connectivity index (χ1v) is 6.34. The summed E-state index contributed by atoms with van der Waals surface area (Å²) in [6.07, 6.45) is 3.55. The van der Waals surface area contributed by atoms with Crippen LogP contribution < -0.4 is 10.7 Å². The van der Waals surface area contributed by atoms with E-state index in [1.54, 1.807) is 0 Å². The molecular formula is C14H19N3O. The summed E-state index contributed by atoms with van der Waals surface area (Å²) < 4.78 is 1.92. The second kappa shape index (κ2) is 5.78. The maximum Gasteiger partial charge on any atom is 0.207 e. The molecule has 1 heterocycles. The van der Waals surface area contributed by atoms with E-state index in [0.717, 1.165) is 30.3 Å². The van der Waals surface area contributed by atoms with Crippen LogP contribution >= 0.6 is 0 Å². The maximum absolute atomic E-state index is 11.7. The lowest BCUT2D eigenvalue weighted by Gasteiger charge is -2.12. The first kappa shape index (κ1) is 12.8. The van der Waals surface area contributed by atoms with E-state index < -0.39 is 0 Å². The van der Waals surface area contributed by atoms with Gasteiger partial charge in [-0.2, -0.15) is 5.10 Å². The van der Waals surface area contributed by atoms with Gasteiger partial charge in [0.15, 0.2) is 0 Å². The summed E-state index contributed by atoms with van der Waals surface area (Å²) in [6.45, 7) is 3.00. The zero-order chi connectivity index (χ0) is 13.0. The third-order valence-corrected chi connectivity index (χ3v) is 3.26. The summed E-state index contributed by atoms with van der Waals surface area (Å²) in [4.78, 5) is 11.7. The molecule has 1 atom stereocenters. The van der Waals surface area contributed by atoms with E-state index >= 15 is 0 Å². The summed E-state index contributed by atoms with van der Waals surface area (Å²) in [5.74, 6) is 0. The predicted octanol–water partition coefficient (Wildman–Crippen LogP) is 1.78. The van der Waals surface area contributed by atoms with Gasteiger partial charge in [0.2, 0.25) is 5.43 Å². The van der Waals surface area contributed by atoms with Crippen molar-refractivity contribution in [3.63, 3.8) is 0 Å². The van der Waals surface area contributed by atoms with Gasteiger partial charge in [-0.15, -0.1) is 0 Å². The van der Waals surface area contributed by atoms with Gasteiger partial charge in [0.1, 0.15) is 0 Å². The molecule has 1 aromatic heterocycles. The largest absolute Gasteiger partial charge is 0.317 e. The van der Waals surface area contributed by atoms with Crippen molar-refractivity contribution in [2.24, 2.45) is 0 Å². The van der Waals surface area contributed by atoms with Gasteiger partial charge in [-0.3, -0.25) is 9.48 Å². The van der Waals surface area contributed by atoms with E-state index in [2.05, 4.69) is 17.3 Å². The molecule has 0 saturated carbocycles. The van der Waals surface area contributed by atoms with E-state index in [1.807, 2.05) is 36.0 Å². The standard InChI is InChI=1S/C14H19N3O/c1-11(15-2)6-5-9-17-13-8-4-3-7-12(13)14(18)10-16-17/h3-4,7-8,10-11,15H,5-6,9H2,1-2H3. The number of nitrogens with one attached hydrogen (secondary N) is 1. The molecule has 0 saturated heterocycles. The molecule has 0 aliphatic carbocycles. The van der Waals surface area contributed by atoms with Gasteiger partial charge in [0, 0.05) is 18.0 Å². The molecule has 2 rings (SSSR count). The Morgan fingerprint density at radius 3 is 2.94 bits per heavy atom. The first-order valence-electron chi connectivity index (χ1n) is 6.34. The molecular weight excluding hydrogens is 226 g/mol. The fourth-order valence-corrected chi connectivity index (χ4v) is 2.03. The van der Waals surface area contributed by atoms with Crippen LogP contribution in [0.4, 0.5) is 0 Å². The zero-order valence-corrected chi connectivity index (χ0v) is 10.9. The van der Waals surface area contributed by atoms with Crippen LogP contribution in [0.1, 0.15) is 19.8 Å². The number of hydrogen-bond acceptors (Lipinski definition) is 3. The van der Waals surface area contributed by atoms with Crippen molar-refractivity contribution < 1.29 is 0 Å². The van der Waals surface area contributed by atoms with Crippen molar-refractivity contribution in [1.82, 2.24) is 15.1 Å². The molecule has 96 valence electrons. The average molecular weight is 245 g/mol. The summed E-state index contributed by atoms with van der Waals surface area (Å²) in [7, 11) is 1.97. The smallest absolute Gasteiger partial charge is 0.207 e. The number of aromatic nitrogens is 2. The molecule has 18 heavy (non-hydrogen) atoms. The van der Waals surface area contributed by atoms with Crippen LogP contribution in [0.2, 0.25) is 0 Å². The Kier molecular flexibility index (Phi) is 4.10. The number of benzene rings is 1. The highest BCUT2D eigenvalue weighted by Crippen LogP contribution is 2.09. The minimum Gasteiger partial charge on any atom is -0.317 e. The minimum absolute atomic E-state index is 0.00885. The van der Waals surface area contributed by atoms with Gasteiger partial charge in [0.25, 0.3) is 0 Å². The molecule has 0 aliphatic heterocycles. The van der Waals surface area contributed by atoms with Crippen LogP contribution in [-0.2, 0) is 6.54 Å². The Morgan fingerprint density at radius 2 is 2.17 bits per heavy atom. The SMILES string of the molecule is CNC(C)CCCn1ncc(=O)c2ccccc21. The maximum atomic E-state index is 11.7. The summed E-state index contributed by atoms with van der Waals surface area (Å²) in [5.41, 5.74) is 0.910. The van der Waals surface area contributed by atoms with Gasteiger partial charge >= 0.3 is 0 Å². The zero-order valence-electron chi connectivity index (χ0n) is 10.9. The van der Waals surface area contributed by atoms with Gasteiger partial charge in [-0.25, -0.2) is 0 Å². The lowest BCUT2D eigenvalue weighted by Crippen LogP contribution is -2.21. The normalized spacial score (nSPS) is 12.8. The van der Waals surface area contributed by atoms with Crippen molar-refractivity contribution in [3.8, 4) is 0 Å². The van der Waals surface area contributed by atoms with Crippen LogP contribution in [-0.4, -0.2) is 22.9 Å². The number of aryl methyl sites for hydroxylation is 1. The fraction of sp³-hybridized carbons (Fsp3) is 0.429. The number of nitrogens with zero attached hydrogens (tertiary/aromatic N) is 2. The number of rotatable bonds is 5. The fourth-order valence-electron chi connectivity index (χ4n) is 2.03. The monoisotopic (exact) mass is 245 g/mol. The molecule has 0 amide bonds. The molecule has 1 N–H and O–H groups in total. The molecule has 0 radical (unpaired) electrons. The molecule has 0 spiro atoms. The van der Waals surface area contributed by atoms with E-state index in [1.165, 1.54) is 6.20 Å². The third-order valence-electron chi connectivity index (χ3n) is 3.26. The van der Waals surface area contributed by atoms with Crippen LogP contribution in [0, 0.1) is 0 Å². The topological polar surface area (TPSA) is 46.9 Å². The molecule has 1 unspecified atom stereocenters. The van der Waals surface area contributed by atoms with Gasteiger partial charge in [0.05, 0.1) is 11.7 Å². The molecule has 0 bridgehead atoms. The highest BCUT2D eigenvalue weighted by molar-refractivity contribution is 5.77. The molecule has 0 fully saturated rings. The Morgan fingerprint density at radius 1 is 1.39 bits per heavy atom. The van der Waals surface area contributed by atoms with E-state index in [4.69, 9.17) is 0 Å². The molecule has 0 aliphatic rings. The Hall–Kier alpha value is -1.68. The lowest BCUT2D eigenvalue weighted by molar-refractivity contribution is 0.491. The Bertz CT molecular complexity index is 577. The number of fused-ring (bicyclic) bond motifs is 1. The van der Waals surface area contributed by atoms with Crippen molar-refractivity contribution in [1.29, 1.82) is 0 Å². The van der Waals surface area contributed by atoms with Crippen molar-refractivity contribution in [2.75, 3.05) is 7.05 Å². The van der Waals surface area contributed by atoms with Gasteiger partial charge < -0.3 is 5.32 Å². The van der Waals surface area contributed by atoms with Crippen molar-refractivity contribution in [3.05, 3.63) is 40.7 Å². The van der Waals surface area contributed by atoms with E-state index in [0.29, 0.717) is 6.04 Å². The lowest BCUT2D eigenvalue weighted by atomic mass is 10.2. The summed E-state index contributed by atoms with van der Waals surface area (Å²) in [5, 5.41) is 8.18. The van der Waals surface area contributed by atoms with Crippen LogP contribution in [0.3, 0.4) is 0 Å². The molecule has 4 heteroatoms. The van der Waals surface area contributed by atoms with E-state index in [9.17, 15) is 4.79 Å². The predicted molar refractivity (Wildman–Crippen MR) is 73.8 cm³/mol. The second-order valence-corrected chi connectivity index (χ2v) is 4.58. The Labute approximate surface area is 107 Å². The molecule has 4 nitrogen and oxygen atoms in total. The van der Waals surface area contributed by atoms with E-state index in [-0.39, 0.29) is 5.43 Å². The molecule has 2 aromatic rings. The quantitative estimate of drug-likeness (QED) is 0.873. The van der Waals surface area contributed by atoms with Crippen LogP contribution in [0.15, 0.2) is 35.3 Å². The molecule has 1 aromatic carbocycles.